The lowest BCUT2D eigenvalue weighted by Gasteiger charge is -2.18. The molecule has 0 saturated heterocycles. The van der Waals surface area contributed by atoms with E-state index in [4.69, 9.17) is 14.6 Å². The summed E-state index contributed by atoms with van der Waals surface area (Å²) in [4.78, 5) is 49.8. The van der Waals surface area contributed by atoms with Crippen molar-refractivity contribution < 1.29 is 33.8 Å². The molecular weight excluding hydrogens is 388 g/mol. The van der Waals surface area contributed by atoms with Gasteiger partial charge in [-0.25, -0.2) is 9.59 Å². The Morgan fingerprint density at radius 1 is 1.14 bits per heavy atom. The summed E-state index contributed by atoms with van der Waals surface area (Å²) in [5.41, 5.74) is 0.537. The molecule has 1 rings (SSSR count). The van der Waals surface area contributed by atoms with E-state index < -0.39 is 31.1 Å². The molecule has 0 unspecified atom stereocenters. The highest BCUT2D eigenvalue weighted by molar-refractivity contribution is 7.18. The molecule has 10 heteroatoms. The van der Waals surface area contributed by atoms with Crippen LogP contribution < -0.4 is 5.32 Å². The van der Waals surface area contributed by atoms with Crippen LogP contribution in [0.3, 0.4) is 0 Å². The third-order valence-electron chi connectivity index (χ3n) is 3.65. The number of amides is 2. The molecule has 9 nitrogen and oxygen atoms in total. The number of thiophene rings is 1. The number of rotatable bonds is 10. The maximum absolute atomic E-state index is 12.8. The molecule has 0 aliphatic heterocycles. The van der Waals surface area contributed by atoms with Gasteiger partial charge in [-0.3, -0.25) is 9.59 Å². The molecule has 0 spiro atoms. The number of hydrogen-bond acceptors (Lipinski definition) is 7. The summed E-state index contributed by atoms with van der Waals surface area (Å²) in [6.45, 7) is 8.60. The molecule has 0 aliphatic rings. The average molecular weight is 414 g/mol. The number of carbonyl (C=O) groups excluding carboxylic acids is 3. The van der Waals surface area contributed by atoms with Crippen molar-refractivity contribution in [2.45, 2.75) is 40.7 Å². The number of carboxylic acids is 1. The zero-order valence-electron chi connectivity index (χ0n) is 16.7. The van der Waals surface area contributed by atoms with Crippen molar-refractivity contribution in [3.05, 3.63) is 16.0 Å². The molecule has 0 radical (unpaired) electrons. The number of esters is 1. The van der Waals surface area contributed by atoms with Crippen LogP contribution in [0.15, 0.2) is 0 Å². The molecule has 0 aromatic carbocycles. The van der Waals surface area contributed by atoms with Gasteiger partial charge >= 0.3 is 11.9 Å². The zero-order chi connectivity index (χ0) is 21.4. The van der Waals surface area contributed by atoms with Crippen LogP contribution in [0, 0.1) is 6.92 Å². The monoisotopic (exact) mass is 414 g/mol. The van der Waals surface area contributed by atoms with Gasteiger partial charge in [-0.05, 0) is 40.2 Å². The van der Waals surface area contributed by atoms with Crippen molar-refractivity contribution >= 4 is 40.1 Å². The average Bonchev–Trinajstić information content (AvgIpc) is 2.90. The van der Waals surface area contributed by atoms with Gasteiger partial charge in [0.1, 0.15) is 18.2 Å². The van der Waals surface area contributed by atoms with Gasteiger partial charge in [-0.15, -0.1) is 11.3 Å². The molecule has 0 aliphatic carbocycles. The van der Waals surface area contributed by atoms with E-state index in [1.165, 1.54) is 0 Å². The fourth-order valence-corrected chi connectivity index (χ4v) is 3.55. The fourth-order valence-electron chi connectivity index (χ4n) is 2.37. The quantitative estimate of drug-likeness (QED) is 0.562. The second-order valence-corrected chi connectivity index (χ2v) is 7.15. The molecule has 0 saturated carbocycles. The van der Waals surface area contributed by atoms with Crippen LogP contribution in [0.1, 0.15) is 53.3 Å². The maximum Gasteiger partial charge on any atom is 0.341 e. The highest BCUT2D eigenvalue weighted by Gasteiger charge is 2.28. The van der Waals surface area contributed by atoms with Crippen LogP contribution in [-0.2, 0) is 19.1 Å². The van der Waals surface area contributed by atoms with Crippen molar-refractivity contribution in [2.75, 3.05) is 31.6 Å². The molecule has 156 valence electrons. The van der Waals surface area contributed by atoms with E-state index in [1.54, 1.807) is 25.7 Å². The number of nitrogens with one attached hydrogen (secondary N) is 1. The second-order valence-electron chi connectivity index (χ2n) is 6.13. The highest BCUT2D eigenvalue weighted by atomic mass is 32.1. The number of hydrogen-bond donors (Lipinski definition) is 2. The predicted octanol–water partition coefficient (Wildman–Crippen LogP) is 2.14. The first kappa shape index (κ1) is 23.6. The van der Waals surface area contributed by atoms with E-state index in [2.05, 4.69) is 5.32 Å². The molecule has 28 heavy (non-hydrogen) atoms. The van der Waals surface area contributed by atoms with Crippen LogP contribution in [0.4, 0.5) is 5.00 Å². The first-order chi connectivity index (χ1) is 13.1. The number of carbonyl (C=O) groups is 4. The largest absolute Gasteiger partial charge is 0.480 e. The smallest absolute Gasteiger partial charge is 0.341 e. The van der Waals surface area contributed by atoms with Gasteiger partial charge in [0.15, 0.2) is 0 Å². The maximum atomic E-state index is 12.8. The standard InChI is InChI=1S/C18H26N2O7S/c1-6-20(7-2)17(24)15-11(5)14(18(25)27-10(3)4)16(28-15)19-12(21)8-26-9-13(22)23/h10H,6-9H2,1-5H3,(H,19,21)(H,22,23). The molecule has 1 heterocycles. The first-order valence-corrected chi connectivity index (χ1v) is 9.66. The van der Waals surface area contributed by atoms with Crippen molar-refractivity contribution in [1.29, 1.82) is 0 Å². The third kappa shape index (κ3) is 6.31. The highest BCUT2D eigenvalue weighted by Crippen LogP contribution is 2.34. The number of carboxylic acid groups (broad SMARTS) is 1. The molecule has 1 aromatic heterocycles. The number of aliphatic carboxylic acids is 1. The Hall–Kier alpha value is -2.46. The van der Waals surface area contributed by atoms with Crippen molar-refractivity contribution in [2.24, 2.45) is 0 Å². The van der Waals surface area contributed by atoms with E-state index in [-0.39, 0.29) is 22.6 Å². The minimum Gasteiger partial charge on any atom is -0.480 e. The van der Waals surface area contributed by atoms with E-state index in [9.17, 15) is 19.2 Å². The number of ether oxygens (including phenoxy) is 2. The Kier molecular flexibility index (Phi) is 9.07. The number of anilines is 1. The summed E-state index contributed by atoms with van der Waals surface area (Å²) < 4.78 is 9.99. The van der Waals surface area contributed by atoms with Gasteiger partial charge in [0.25, 0.3) is 11.8 Å². The lowest BCUT2D eigenvalue weighted by atomic mass is 10.1. The summed E-state index contributed by atoms with van der Waals surface area (Å²) in [6.07, 6.45) is -0.379. The summed E-state index contributed by atoms with van der Waals surface area (Å²) in [6, 6.07) is 0. The van der Waals surface area contributed by atoms with Crippen molar-refractivity contribution in [1.82, 2.24) is 4.90 Å². The fraction of sp³-hybridized carbons (Fsp3) is 0.556. The van der Waals surface area contributed by atoms with Crippen molar-refractivity contribution in [3.8, 4) is 0 Å². The summed E-state index contributed by atoms with van der Waals surface area (Å²) in [5.74, 6) is -2.73. The van der Waals surface area contributed by atoms with Crippen LogP contribution in [0.5, 0.6) is 0 Å². The van der Waals surface area contributed by atoms with Crippen molar-refractivity contribution in [3.63, 3.8) is 0 Å². The van der Waals surface area contributed by atoms with Gasteiger partial charge in [-0.2, -0.15) is 0 Å². The topological polar surface area (TPSA) is 122 Å². The van der Waals surface area contributed by atoms with E-state index in [0.29, 0.717) is 23.5 Å². The van der Waals surface area contributed by atoms with Gasteiger partial charge in [0.05, 0.1) is 16.5 Å². The minimum absolute atomic E-state index is 0.112. The molecule has 0 fully saturated rings. The molecule has 0 atom stereocenters. The van der Waals surface area contributed by atoms with Gasteiger partial charge in [-0.1, -0.05) is 0 Å². The molecule has 2 amide bonds. The molecule has 0 bridgehead atoms. The normalized spacial score (nSPS) is 10.6. The zero-order valence-corrected chi connectivity index (χ0v) is 17.5. The second kappa shape index (κ2) is 10.8. The number of nitrogens with zero attached hydrogens (tertiary/aromatic N) is 1. The van der Waals surface area contributed by atoms with E-state index in [0.717, 1.165) is 11.3 Å². The first-order valence-electron chi connectivity index (χ1n) is 8.85. The molecule has 2 N–H and O–H groups in total. The molecular formula is C18H26N2O7S. The van der Waals surface area contributed by atoms with Gasteiger partial charge in [0, 0.05) is 13.1 Å². The SMILES string of the molecule is CCN(CC)C(=O)c1sc(NC(=O)COCC(=O)O)c(C(=O)OC(C)C)c1C. The lowest BCUT2D eigenvalue weighted by Crippen LogP contribution is -2.30. The summed E-state index contributed by atoms with van der Waals surface area (Å²) in [5, 5.41) is 11.2. The summed E-state index contributed by atoms with van der Waals surface area (Å²) in [7, 11) is 0. The van der Waals surface area contributed by atoms with Crippen LogP contribution in [-0.4, -0.2) is 66.2 Å². The predicted molar refractivity (Wildman–Crippen MR) is 104 cm³/mol. The van der Waals surface area contributed by atoms with Crippen LogP contribution in [0.2, 0.25) is 0 Å². The van der Waals surface area contributed by atoms with Gasteiger partial charge < -0.3 is 24.8 Å². The van der Waals surface area contributed by atoms with Gasteiger partial charge in [0.2, 0.25) is 0 Å². The van der Waals surface area contributed by atoms with Crippen LogP contribution in [0.25, 0.3) is 0 Å². The third-order valence-corrected chi connectivity index (χ3v) is 4.85. The Balaban J connectivity index is 3.19. The summed E-state index contributed by atoms with van der Waals surface area (Å²) >= 11 is 0.981. The Bertz CT molecular complexity index is 739. The van der Waals surface area contributed by atoms with E-state index in [1.807, 2.05) is 13.8 Å². The van der Waals surface area contributed by atoms with Crippen LogP contribution >= 0.6 is 11.3 Å². The Morgan fingerprint density at radius 3 is 2.25 bits per heavy atom. The van der Waals surface area contributed by atoms with E-state index >= 15 is 0 Å². The minimum atomic E-state index is -1.20. The Morgan fingerprint density at radius 2 is 1.75 bits per heavy atom. The molecule has 1 aromatic rings. The lowest BCUT2D eigenvalue weighted by molar-refractivity contribution is -0.143. The Labute approximate surface area is 167 Å².